The predicted octanol–water partition coefficient (Wildman–Crippen LogP) is 3.12. The fourth-order valence-electron chi connectivity index (χ4n) is 4.03. The van der Waals surface area contributed by atoms with Crippen LogP contribution in [0.3, 0.4) is 0 Å². The van der Waals surface area contributed by atoms with E-state index in [-0.39, 0.29) is 29.9 Å². The molecule has 2 fully saturated rings. The SMILES string of the molecule is CNC(=O)COc1cc2cc(Nc3nc(N4CCN(I)CC4)ncc3Cl)ccc2n(C2CC2)c1=O. The summed E-state index contributed by atoms with van der Waals surface area (Å²) in [5.74, 6) is 1.00. The van der Waals surface area contributed by atoms with Crippen molar-refractivity contribution < 1.29 is 9.53 Å². The first-order valence-corrected chi connectivity index (χ1v) is 12.7. The number of hydrogen-bond donors (Lipinski definition) is 2. The van der Waals surface area contributed by atoms with Crippen molar-refractivity contribution in [3.8, 4) is 5.75 Å². The zero-order chi connectivity index (χ0) is 24.5. The van der Waals surface area contributed by atoms with Gasteiger partial charge in [-0.05, 0) is 37.1 Å². The molecule has 184 valence electrons. The lowest BCUT2D eigenvalue weighted by Gasteiger charge is -2.31. The van der Waals surface area contributed by atoms with E-state index in [1.807, 2.05) is 18.2 Å². The summed E-state index contributed by atoms with van der Waals surface area (Å²) in [6.45, 7) is 3.35. The van der Waals surface area contributed by atoms with Crippen LogP contribution in [0.25, 0.3) is 10.9 Å². The Morgan fingerprint density at radius 2 is 2.00 bits per heavy atom. The number of ether oxygens (including phenoxy) is 1. The smallest absolute Gasteiger partial charge is 0.293 e. The van der Waals surface area contributed by atoms with Crippen LogP contribution in [0.2, 0.25) is 5.02 Å². The summed E-state index contributed by atoms with van der Waals surface area (Å²) in [6.07, 6.45) is 3.50. The molecule has 1 saturated heterocycles. The second-order valence-corrected chi connectivity index (χ2v) is 10.3. The number of likely N-dealkylation sites (N-methyl/N-ethyl adjacent to an activating group) is 1. The molecule has 0 radical (unpaired) electrons. The number of carbonyl (C=O) groups excluding carboxylic acids is 1. The van der Waals surface area contributed by atoms with Crippen molar-refractivity contribution in [3.05, 3.63) is 45.8 Å². The standard InChI is InChI=1S/C23H25ClIN7O3/c1-26-20(33)13-35-19-11-14-10-15(2-5-18(14)32(22(19)34)16-3-4-16)28-21-17(24)12-27-23(29-21)30-6-8-31(25)9-7-30/h2,5,10-12,16H,3-4,6-9,13H2,1H3,(H,26,33)(H,27,28,29). The molecular formula is C23H25ClIN7O3. The van der Waals surface area contributed by atoms with Gasteiger partial charge >= 0.3 is 0 Å². The fourth-order valence-corrected chi connectivity index (χ4v) is 4.60. The second-order valence-electron chi connectivity index (χ2n) is 8.54. The molecule has 12 heteroatoms. The number of anilines is 3. The Balaban J connectivity index is 1.45. The molecule has 1 aliphatic carbocycles. The van der Waals surface area contributed by atoms with Gasteiger partial charge in [0.25, 0.3) is 11.5 Å². The topological polar surface area (TPSA) is 105 Å². The third kappa shape index (κ3) is 5.31. The minimum atomic E-state index is -0.299. The van der Waals surface area contributed by atoms with Crippen LogP contribution in [0.1, 0.15) is 18.9 Å². The van der Waals surface area contributed by atoms with Gasteiger partial charge in [-0.1, -0.05) is 11.6 Å². The lowest BCUT2D eigenvalue weighted by molar-refractivity contribution is -0.122. The Morgan fingerprint density at radius 3 is 2.71 bits per heavy atom. The molecule has 5 rings (SSSR count). The predicted molar refractivity (Wildman–Crippen MR) is 144 cm³/mol. The molecule has 2 aromatic heterocycles. The molecule has 1 amide bonds. The molecule has 2 aliphatic rings. The molecule has 2 N–H and O–H groups in total. The van der Waals surface area contributed by atoms with Crippen molar-refractivity contribution in [2.45, 2.75) is 18.9 Å². The molecule has 35 heavy (non-hydrogen) atoms. The number of amides is 1. The quantitative estimate of drug-likeness (QED) is 0.311. The number of piperazine rings is 1. The maximum Gasteiger partial charge on any atom is 0.293 e. The van der Waals surface area contributed by atoms with Crippen molar-refractivity contribution in [1.82, 2.24) is 23.0 Å². The van der Waals surface area contributed by atoms with Gasteiger partial charge in [-0.25, -0.2) is 8.10 Å². The van der Waals surface area contributed by atoms with E-state index in [0.717, 1.165) is 55.6 Å². The van der Waals surface area contributed by atoms with Crippen LogP contribution in [0.15, 0.2) is 35.3 Å². The lowest BCUT2D eigenvalue weighted by atomic mass is 10.1. The number of benzene rings is 1. The molecule has 3 aromatic rings. The lowest BCUT2D eigenvalue weighted by Crippen LogP contribution is -2.42. The number of nitrogens with zero attached hydrogens (tertiary/aromatic N) is 5. The highest BCUT2D eigenvalue weighted by Crippen LogP contribution is 2.37. The highest BCUT2D eigenvalue weighted by atomic mass is 127. The highest BCUT2D eigenvalue weighted by Gasteiger charge is 2.28. The van der Waals surface area contributed by atoms with Crippen LogP contribution in [0.5, 0.6) is 5.75 Å². The number of nitrogens with one attached hydrogen (secondary N) is 2. The number of hydrogen-bond acceptors (Lipinski definition) is 8. The normalized spacial score (nSPS) is 16.4. The summed E-state index contributed by atoms with van der Waals surface area (Å²) in [5, 5.41) is 7.03. The molecule has 10 nitrogen and oxygen atoms in total. The molecule has 3 heterocycles. The number of carbonyl (C=O) groups is 1. The number of halogens is 2. The van der Waals surface area contributed by atoms with Crippen molar-refractivity contribution in [3.63, 3.8) is 0 Å². The minimum absolute atomic E-state index is 0.147. The van der Waals surface area contributed by atoms with Gasteiger partial charge in [0, 0.05) is 73.2 Å². The van der Waals surface area contributed by atoms with E-state index in [2.05, 4.69) is 51.5 Å². The van der Waals surface area contributed by atoms with Gasteiger partial charge in [-0.15, -0.1) is 0 Å². The van der Waals surface area contributed by atoms with E-state index < -0.39 is 0 Å². The summed E-state index contributed by atoms with van der Waals surface area (Å²) in [5.41, 5.74) is 1.36. The van der Waals surface area contributed by atoms with E-state index >= 15 is 0 Å². The average molecular weight is 610 g/mol. The summed E-state index contributed by atoms with van der Waals surface area (Å²) in [6, 6.07) is 7.57. The van der Waals surface area contributed by atoms with E-state index in [0.29, 0.717) is 16.8 Å². The van der Waals surface area contributed by atoms with Gasteiger partial charge in [-0.2, -0.15) is 4.98 Å². The Bertz CT molecular complexity index is 1320. The number of rotatable bonds is 7. The Hall–Kier alpha value is -2.64. The van der Waals surface area contributed by atoms with Gasteiger partial charge in [-0.3, -0.25) is 9.59 Å². The maximum atomic E-state index is 13.0. The molecule has 0 spiro atoms. The minimum Gasteiger partial charge on any atom is -0.478 e. The molecule has 0 bridgehead atoms. The number of fused-ring (bicyclic) bond motifs is 1. The van der Waals surface area contributed by atoms with Crippen molar-refractivity contribution >= 4 is 68.7 Å². The van der Waals surface area contributed by atoms with Crippen molar-refractivity contribution in [1.29, 1.82) is 0 Å². The molecule has 1 aliphatic heterocycles. The van der Waals surface area contributed by atoms with Crippen LogP contribution in [0, 0.1) is 0 Å². The van der Waals surface area contributed by atoms with E-state index in [1.165, 1.54) is 7.05 Å². The second kappa shape index (κ2) is 10.2. The van der Waals surface area contributed by atoms with Gasteiger partial charge in [0.05, 0.1) is 11.7 Å². The number of aromatic nitrogens is 3. The first kappa shape index (κ1) is 24.1. The largest absolute Gasteiger partial charge is 0.478 e. The van der Waals surface area contributed by atoms with Crippen LogP contribution in [-0.2, 0) is 4.79 Å². The van der Waals surface area contributed by atoms with Crippen LogP contribution in [-0.4, -0.2) is 63.4 Å². The Labute approximate surface area is 221 Å². The fraction of sp³-hybridized carbons (Fsp3) is 0.391. The van der Waals surface area contributed by atoms with E-state index in [9.17, 15) is 9.59 Å². The maximum absolute atomic E-state index is 13.0. The molecule has 0 unspecified atom stereocenters. The van der Waals surface area contributed by atoms with Crippen molar-refractivity contribution in [2.24, 2.45) is 0 Å². The summed E-state index contributed by atoms with van der Waals surface area (Å²) in [4.78, 5) is 35.9. The Kier molecular flexibility index (Phi) is 6.98. The molecular weight excluding hydrogens is 585 g/mol. The summed E-state index contributed by atoms with van der Waals surface area (Å²) >= 11 is 8.74. The molecule has 0 atom stereocenters. The van der Waals surface area contributed by atoms with Crippen LogP contribution >= 0.6 is 34.5 Å². The van der Waals surface area contributed by atoms with E-state index in [4.69, 9.17) is 16.3 Å². The summed E-state index contributed by atoms with van der Waals surface area (Å²) < 4.78 is 9.57. The average Bonchev–Trinajstić information content (AvgIpc) is 3.69. The first-order valence-electron chi connectivity index (χ1n) is 11.4. The van der Waals surface area contributed by atoms with Crippen molar-refractivity contribution in [2.75, 3.05) is 50.1 Å². The third-order valence-corrected chi connectivity index (χ3v) is 7.30. The third-order valence-electron chi connectivity index (χ3n) is 6.05. The Morgan fingerprint density at radius 1 is 1.23 bits per heavy atom. The molecule has 1 saturated carbocycles. The first-order chi connectivity index (χ1) is 16.9. The zero-order valence-electron chi connectivity index (χ0n) is 19.1. The van der Waals surface area contributed by atoms with Crippen LogP contribution < -0.4 is 25.8 Å². The van der Waals surface area contributed by atoms with E-state index in [1.54, 1.807) is 16.8 Å². The number of pyridine rings is 1. The summed E-state index contributed by atoms with van der Waals surface area (Å²) in [7, 11) is 1.53. The van der Waals surface area contributed by atoms with Gasteiger partial charge in [0.2, 0.25) is 5.95 Å². The van der Waals surface area contributed by atoms with Crippen LogP contribution in [0.4, 0.5) is 17.5 Å². The van der Waals surface area contributed by atoms with Gasteiger partial charge in [0.1, 0.15) is 5.02 Å². The molecule has 1 aromatic carbocycles. The monoisotopic (exact) mass is 609 g/mol. The van der Waals surface area contributed by atoms with Gasteiger partial charge in [0.15, 0.2) is 18.2 Å². The highest BCUT2D eigenvalue weighted by molar-refractivity contribution is 14.1. The zero-order valence-corrected chi connectivity index (χ0v) is 22.0. The van der Waals surface area contributed by atoms with Gasteiger partial charge < -0.3 is 24.8 Å².